The summed E-state index contributed by atoms with van der Waals surface area (Å²) in [5.74, 6) is -1.71. The molecular formula is C30H26N4O3S. The first-order valence-electron chi connectivity index (χ1n) is 12.5. The Morgan fingerprint density at radius 1 is 1.03 bits per heavy atom. The van der Waals surface area contributed by atoms with Crippen LogP contribution in [0.4, 0.5) is 5.13 Å². The molecule has 38 heavy (non-hydrogen) atoms. The summed E-state index contributed by atoms with van der Waals surface area (Å²) in [6.45, 7) is 7.86. The normalized spacial score (nSPS) is 17.3. The number of rotatable bonds is 4. The Labute approximate surface area is 223 Å². The second-order valence-corrected chi connectivity index (χ2v) is 10.7. The zero-order chi connectivity index (χ0) is 26.7. The molecule has 8 heteroatoms. The molecule has 1 atom stereocenters. The van der Waals surface area contributed by atoms with Crippen LogP contribution < -0.4 is 4.90 Å². The third-order valence-electron chi connectivity index (χ3n) is 7.10. The maximum absolute atomic E-state index is 13.7. The van der Waals surface area contributed by atoms with Crippen molar-refractivity contribution in [2.75, 3.05) is 4.90 Å². The molecule has 1 aliphatic rings. The maximum atomic E-state index is 13.7. The number of ketones is 1. The largest absolute Gasteiger partial charge is 0.505 e. The van der Waals surface area contributed by atoms with E-state index in [-0.39, 0.29) is 11.3 Å². The van der Waals surface area contributed by atoms with Crippen molar-refractivity contribution < 1.29 is 14.7 Å². The van der Waals surface area contributed by atoms with Crippen LogP contribution in [0.25, 0.3) is 21.6 Å². The summed E-state index contributed by atoms with van der Waals surface area (Å²) in [7, 11) is 0. The zero-order valence-electron chi connectivity index (χ0n) is 21.5. The Balaban J connectivity index is 1.61. The fourth-order valence-electron chi connectivity index (χ4n) is 5.27. The van der Waals surface area contributed by atoms with E-state index in [4.69, 9.17) is 4.98 Å². The smallest absolute Gasteiger partial charge is 0.301 e. The number of carbonyl (C=O) groups is 2. The highest BCUT2D eigenvalue weighted by Gasteiger charge is 2.48. The molecule has 1 aliphatic heterocycles. The Bertz CT molecular complexity index is 1800. The van der Waals surface area contributed by atoms with Crippen LogP contribution in [0, 0.1) is 20.8 Å². The van der Waals surface area contributed by atoms with Crippen LogP contribution >= 0.6 is 11.3 Å². The lowest BCUT2D eigenvalue weighted by Gasteiger charge is -2.23. The zero-order valence-corrected chi connectivity index (χ0v) is 22.3. The molecule has 6 rings (SSSR count). The lowest BCUT2D eigenvalue weighted by Crippen LogP contribution is -2.29. The number of pyridine rings is 1. The number of aliphatic hydroxyl groups excluding tert-OH is 1. The van der Waals surface area contributed by atoms with Gasteiger partial charge in [-0.15, -0.1) is 0 Å². The summed E-state index contributed by atoms with van der Waals surface area (Å²) in [5, 5.41) is 12.1. The number of hydrogen-bond acceptors (Lipinski definition) is 6. The summed E-state index contributed by atoms with van der Waals surface area (Å²) < 4.78 is 2.68. The Hall–Kier alpha value is -4.30. The minimum absolute atomic E-state index is 0.0279. The number of aliphatic hydroxyl groups is 1. The van der Waals surface area contributed by atoms with Crippen molar-refractivity contribution in [3.8, 4) is 0 Å². The van der Waals surface area contributed by atoms with Crippen LogP contribution in [0.2, 0.25) is 0 Å². The molecule has 2 aromatic carbocycles. The van der Waals surface area contributed by atoms with Gasteiger partial charge in [-0.05, 0) is 67.6 Å². The van der Waals surface area contributed by atoms with Gasteiger partial charge in [-0.3, -0.25) is 18.9 Å². The highest BCUT2D eigenvalue weighted by molar-refractivity contribution is 7.22. The summed E-state index contributed by atoms with van der Waals surface area (Å²) in [5.41, 5.74) is 6.38. The van der Waals surface area contributed by atoms with E-state index in [1.165, 1.54) is 16.2 Å². The number of amides is 1. The minimum Gasteiger partial charge on any atom is -0.505 e. The molecular weight excluding hydrogens is 496 g/mol. The van der Waals surface area contributed by atoms with Gasteiger partial charge in [0.15, 0.2) is 10.9 Å². The average molecular weight is 523 g/mol. The summed E-state index contributed by atoms with van der Waals surface area (Å²) >= 11 is 1.37. The van der Waals surface area contributed by atoms with E-state index in [1.54, 1.807) is 17.5 Å². The van der Waals surface area contributed by atoms with Gasteiger partial charge in [0.05, 0.1) is 27.5 Å². The van der Waals surface area contributed by atoms with E-state index < -0.39 is 17.7 Å². The molecule has 190 valence electrons. The summed E-state index contributed by atoms with van der Waals surface area (Å²) in [6, 6.07) is 16.6. The van der Waals surface area contributed by atoms with Crippen molar-refractivity contribution in [1.29, 1.82) is 0 Å². The first-order chi connectivity index (χ1) is 18.3. The number of anilines is 1. The molecule has 0 spiro atoms. The van der Waals surface area contributed by atoms with Crippen molar-refractivity contribution in [2.24, 2.45) is 0 Å². The van der Waals surface area contributed by atoms with E-state index in [0.29, 0.717) is 22.2 Å². The molecule has 4 heterocycles. The van der Waals surface area contributed by atoms with Gasteiger partial charge in [0.25, 0.3) is 5.78 Å². The minimum atomic E-state index is -0.837. The van der Waals surface area contributed by atoms with Crippen LogP contribution in [-0.4, -0.2) is 31.2 Å². The molecule has 0 bridgehead atoms. The first kappa shape index (κ1) is 24.1. The number of Topliss-reactive ketones (excluding diaryl/α,β-unsaturated/α-hetero) is 1. The molecule has 1 amide bonds. The third-order valence-corrected chi connectivity index (χ3v) is 8.10. The first-order valence-corrected chi connectivity index (χ1v) is 13.3. The number of aromatic nitrogens is 3. The standard InChI is InChI=1S/C30H26N4O3S/c1-5-19-9-11-20(12-10-19)26-23(27(35)25-18(4)31-22-8-6-7-13-33(22)25)28(36)29(37)34(26)30-32-24-17(3)14-16(2)15-21(24)38-30/h6-15,26,35H,5H2,1-4H3. The SMILES string of the molecule is CCc1ccc(C2C(=C(O)c3c(C)nc4ccccn34)C(=O)C(=O)N2c2nc3c(C)cc(C)cc3s2)cc1. The molecule has 0 radical (unpaired) electrons. The quantitative estimate of drug-likeness (QED) is 0.176. The second kappa shape index (κ2) is 8.92. The van der Waals surface area contributed by atoms with Crippen molar-refractivity contribution in [3.63, 3.8) is 0 Å². The van der Waals surface area contributed by atoms with Crippen LogP contribution in [0.1, 0.15) is 46.6 Å². The highest BCUT2D eigenvalue weighted by atomic mass is 32.1. The fraction of sp³-hybridized carbons (Fsp3) is 0.200. The molecule has 0 aliphatic carbocycles. The molecule has 5 aromatic rings. The topological polar surface area (TPSA) is 87.8 Å². The predicted molar refractivity (Wildman–Crippen MR) is 150 cm³/mol. The fourth-order valence-corrected chi connectivity index (χ4v) is 6.44. The Morgan fingerprint density at radius 3 is 2.53 bits per heavy atom. The Morgan fingerprint density at radius 2 is 1.79 bits per heavy atom. The van der Waals surface area contributed by atoms with E-state index in [0.717, 1.165) is 38.9 Å². The maximum Gasteiger partial charge on any atom is 0.301 e. The molecule has 7 nitrogen and oxygen atoms in total. The van der Waals surface area contributed by atoms with Gasteiger partial charge in [0, 0.05) is 6.20 Å². The molecule has 1 unspecified atom stereocenters. The number of hydrogen-bond donors (Lipinski definition) is 1. The van der Waals surface area contributed by atoms with E-state index in [2.05, 4.69) is 18.0 Å². The van der Waals surface area contributed by atoms with Crippen molar-refractivity contribution in [1.82, 2.24) is 14.4 Å². The lowest BCUT2D eigenvalue weighted by molar-refractivity contribution is -0.132. The number of carbonyl (C=O) groups excluding carboxylic acids is 2. The second-order valence-electron chi connectivity index (χ2n) is 9.66. The van der Waals surface area contributed by atoms with Gasteiger partial charge in [-0.2, -0.15) is 0 Å². The number of nitrogens with zero attached hydrogens (tertiary/aromatic N) is 4. The Kier molecular flexibility index (Phi) is 5.65. The van der Waals surface area contributed by atoms with Crippen molar-refractivity contribution in [2.45, 2.75) is 40.2 Å². The van der Waals surface area contributed by atoms with Gasteiger partial charge in [0.2, 0.25) is 0 Å². The monoisotopic (exact) mass is 522 g/mol. The number of aryl methyl sites for hydroxylation is 4. The van der Waals surface area contributed by atoms with Crippen LogP contribution in [-0.2, 0) is 16.0 Å². The predicted octanol–water partition coefficient (Wildman–Crippen LogP) is 6.06. The van der Waals surface area contributed by atoms with Crippen LogP contribution in [0.3, 0.4) is 0 Å². The van der Waals surface area contributed by atoms with Gasteiger partial charge in [-0.25, -0.2) is 9.97 Å². The average Bonchev–Trinajstić information content (AvgIpc) is 3.55. The van der Waals surface area contributed by atoms with E-state index in [1.807, 2.05) is 62.4 Å². The van der Waals surface area contributed by atoms with Crippen molar-refractivity contribution in [3.05, 3.63) is 100 Å². The molecule has 3 aromatic heterocycles. The van der Waals surface area contributed by atoms with Crippen LogP contribution in [0.5, 0.6) is 0 Å². The number of imidazole rings is 1. The van der Waals surface area contributed by atoms with Gasteiger partial charge < -0.3 is 5.11 Å². The molecule has 0 saturated carbocycles. The molecule has 1 N–H and O–H groups in total. The van der Waals surface area contributed by atoms with Gasteiger partial charge in [0.1, 0.15) is 11.3 Å². The van der Waals surface area contributed by atoms with Crippen LogP contribution in [0.15, 0.2) is 66.4 Å². The van der Waals surface area contributed by atoms with Gasteiger partial charge >= 0.3 is 5.91 Å². The third kappa shape index (κ3) is 3.63. The van der Waals surface area contributed by atoms with Gasteiger partial charge in [-0.1, -0.05) is 54.7 Å². The molecule has 1 fully saturated rings. The lowest BCUT2D eigenvalue weighted by atomic mass is 9.95. The van der Waals surface area contributed by atoms with Crippen molar-refractivity contribution >= 4 is 49.8 Å². The number of thiazole rings is 1. The highest BCUT2D eigenvalue weighted by Crippen LogP contribution is 2.45. The summed E-state index contributed by atoms with van der Waals surface area (Å²) in [6.07, 6.45) is 2.64. The summed E-state index contributed by atoms with van der Waals surface area (Å²) in [4.78, 5) is 38.1. The molecule has 1 saturated heterocycles. The van der Waals surface area contributed by atoms with E-state index in [9.17, 15) is 14.7 Å². The van der Waals surface area contributed by atoms with E-state index >= 15 is 0 Å². The number of benzene rings is 2. The number of fused-ring (bicyclic) bond motifs is 2.